The third kappa shape index (κ3) is 65.8. The smallest absolute Gasteiger partial charge is 0.306 e. The summed E-state index contributed by atoms with van der Waals surface area (Å²) in [5.74, 6) is -0.850. The third-order valence-corrected chi connectivity index (χ3v) is 15.5. The fraction of sp³-hybridized carbons (Fsp3) is 0.822. The van der Waals surface area contributed by atoms with Crippen LogP contribution in [0.25, 0.3) is 0 Å². The quantitative estimate of drug-likeness (QED) is 0.0261. The molecule has 1 unspecified atom stereocenters. The highest BCUT2D eigenvalue weighted by atomic mass is 16.6. The van der Waals surface area contributed by atoms with E-state index < -0.39 is 6.10 Å². The number of unbranched alkanes of at least 4 members (excludes halogenated alkanes) is 43. The third-order valence-electron chi connectivity index (χ3n) is 15.5. The van der Waals surface area contributed by atoms with Gasteiger partial charge in [-0.2, -0.15) is 0 Å². The maximum Gasteiger partial charge on any atom is 0.306 e. The molecule has 0 bridgehead atoms. The van der Waals surface area contributed by atoms with Gasteiger partial charge in [-0.1, -0.05) is 326 Å². The molecule has 0 aromatic rings. The molecule has 0 aliphatic heterocycles. The highest BCUT2D eigenvalue weighted by molar-refractivity contribution is 5.71. The van der Waals surface area contributed by atoms with Crippen molar-refractivity contribution in [2.75, 3.05) is 13.2 Å². The number of rotatable bonds is 64. The Hall–Kier alpha value is -2.89. The highest BCUT2D eigenvalue weighted by Gasteiger charge is 2.19. The molecule has 0 N–H and O–H groups in total. The van der Waals surface area contributed by atoms with Gasteiger partial charge in [-0.25, -0.2) is 0 Å². The van der Waals surface area contributed by atoms with E-state index in [4.69, 9.17) is 14.2 Å². The minimum absolute atomic E-state index is 0.0706. The van der Waals surface area contributed by atoms with Crippen LogP contribution in [0, 0.1) is 0 Å². The van der Waals surface area contributed by atoms with Gasteiger partial charge in [0.25, 0.3) is 0 Å². The molecule has 1 atom stereocenters. The van der Waals surface area contributed by atoms with E-state index in [1.54, 1.807) is 0 Å². The van der Waals surface area contributed by atoms with Gasteiger partial charge in [0.15, 0.2) is 6.10 Å². The molecule has 0 heterocycles. The second kappa shape index (κ2) is 67.6. The van der Waals surface area contributed by atoms with Crippen LogP contribution in [0.15, 0.2) is 60.8 Å². The van der Waals surface area contributed by atoms with Crippen LogP contribution in [-0.2, 0) is 28.6 Å². The molecule has 79 heavy (non-hydrogen) atoms. The number of esters is 3. The molecular weight excluding hydrogens is 973 g/mol. The topological polar surface area (TPSA) is 78.9 Å². The average Bonchev–Trinajstić information content (AvgIpc) is 3.45. The van der Waals surface area contributed by atoms with E-state index in [-0.39, 0.29) is 31.1 Å². The molecule has 0 aromatic carbocycles. The normalized spacial score (nSPS) is 12.4. The zero-order chi connectivity index (χ0) is 57.1. The standard InChI is InChI=1S/C73H132O6/c1-4-7-10-13-16-19-22-25-28-30-32-34-35-36-37-39-40-42-45-48-51-54-57-60-63-66-72(75)78-69-70(68-77-71(74)65-62-59-56-53-50-47-44-27-24-21-18-15-12-9-6-3)79-73(76)67-64-61-58-55-52-49-46-43-41-38-33-31-29-26-23-20-17-14-11-8-5-2/h7,10,16,19,25,28,31-34,70H,4-6,8-9,11-15,17-18,20-24,26-27,29-30,35-69H2,1-3H3/b10-7-,19-16-,28-25-,33-31-,34-32-. The van der Waals surface area contributed by atoms with Crippen molar-refractivity contribution < 1.29 is 28.6 Å². The van der Waals surface area contributed by atoms with Crippen LogP contribution in [0.5, 0.6) is 0 Å². The summed E-state index contributed by atoms with van der Waals surface area (Å²) >= 11 is 0. The van der Waals surface area contributed by atoms with Gasteiger partial charge in [-0.05, 0) is 83.5 Å². The minimum Gasteiger partial charge on any atom is -0.462 e. The average molecular weight is 1110 g/mol. The summed E-state index contributed by atoms with van der Waals surface area (Å²) in [6, 6.07) is 0. The molecule has 0 amide bonds. The van der Waals surface area contributed by atoms with E-state index in [0.717, 1.165) is 83.5 Å². The van der Waals surface area contributed by atoms with Crippen LogP contribution in [0.2, 0.25) is 0 Å². The first-order valence-electron chi connectivity index (χ1n) is 34.8. The van der Waals surface area contributed by atoms with Crippen molar-refractivity contribution in [1.82, 2.24) is 0 Å². The monoisotopic (exact) mass is 1110 g/mol. The Balaban J connectivity index is 4.30. The lowest BCUT2D eigenvalue weighted by Gasteiger charge is -2.18. The van der Waals surface area contributed by atoms with Crippen LogP contribution in [0.4, 0.5) is 0 Å². The van der Waals surface area contributed by atoms with Crippen LogP contribution in [-0.4, -0.2) is 37.2 Å². The Kier molecular flexibility index (Phi) is 65.1. The summed E-state index contributed by atoms with van der Waals surface area (Å²) in [6.45, 7) is 6.59. The van der Waals surface area contributed by atoms with Crippen LogP contribution in [0.3, 0.4) is 0 Å². The van der Waals surface area contributed by atoms with Crippen molar-refractivity contribution in [2.45, 2.75) is 374 Å². The van der Waals surface area contributed by atoms with Crippen molar-refractivity contribution in [2.24, 2.45) is 0 Å². The molecule has 0 spiro atoms. The number of ether oxygens (including phenoxy) is 3. The summed E-state index contributed by atoms with van der Waals surface area (Å²) < 4.78 is 17.0. The van der Waals surface area contributed by atoms with Crippen molar-refractivity contribution >= 4 is 17.9 Å². The Labute approximate surface area is 491 Å². The van der Waals surface area contributed by atoms with Gasteiger partial charge in [-0.3, -0.25) is 14.4 Å². The molecule has 0 aliphatic rings. The largest absolute Gasteiger partial charge is 0.462 e. The number of hydrogen-bond donors (Lipinski definition) is 0. The van der Waals surface area contributed by atoms with Gasteiger partial charge in [-0.15, -0.1) is 0 Å². The van der Waals surface area contributed by atoms with Gasteiger partial charge in [0, 0.05) is 19.3 Å². The molecule has 6 nitrogen and oxygen atoms in total. The molecule has 0 aromatic heterocycles. The van der Waals surface area contributed by atoms with Crippen molar-refractivity contribution in [1.29, 1.82) is 0 Å². The second-order valence-corrected chi connectivity index (χ2v) is 23.4. The van der Waals surface area contributed by atoms with Crippen molar-refractivity contribution in [3.63, 3.8) is 0 Å². The SMILES string of the molecule is CC/C=C\C/C=C\C/C=C\C/C=C\CCCCCCCCCCCCCCC(=O)OCC(COC(=O)CCCCCCCCCCCCCCCCC)OC(=O)CCCCCCCCCCC/C=C\CCCCCCCCCC. The molecule has 0 rings (SSSR count). The Morgan fingerprint density at radius 1 is 0.266 bits per heavy atom. The Morgan fingerprint density at radius 3 is 0.785 bits per heavy atom. The van der Waals surface area contributed by atoms with Crippen molar-refractivity contribution in [3.05, 3.63) is 60.8 Å². The summed E-state index contributed by atoms with van der Waals surface area (Å²) in [5, 5.41) is 0. The van der Waals surface area contributed by atoms with E-state index in [0.29, 0.717) is 19.3 Å². The van der Waals surface area contributed by atoms with E-state index in [2.05, 4.69) is 81.5 Å². The van der Waals surface area contributed by atoms with Gasteiger partial charge in [0.2, 0.25) is 0 Å². The first-order valence-corrected chi connectivity index (χ1v) is 34.8. The maximum absolute atomic E-state index is 13.0. The summed E-state index contributed by atoms with van der Waals surface area (Å²) in [7, 11) is 0. The van der Waals surface area contributed by atoms with Gasteiger partial charge >= 0.3 is 17.9 Å². The number of hydrogen-bond acceptors (Lipinski definition) is 6. The van der Waals surface area contributed by atoms with Crippen LogP contribution < -0.4 is 0 Å². The number of carbonyl (C=O) groups is 3. The fourth-order valence-corrected chi connectivity index (χ4v) is 10.3. The molecular formula is C73H132O6. The highest BCUT2D eigenvalue weighted by Crippen LogP contribution is 2.18. The Bertz CT molecular complexity index is 1410. The zero-order valence-corrected chi connectivity index (χ0v) is 52.9. The summed E-state index contributed by atoms with van der Waals surface area (Å²) in [6.07, 6.45) is 86.7. The predicted molar refractivity (Wildman–Crippen MR) is 344 cm³/mol. The minimum atomic E-state index is -0.775. The lowest BCUT2D eigenvalue weighted by molar-refractivity contribution is -0.167. The molecule has 460 valence electrons. The maximum atomic E-state index is 13.0. The lowest BCUT2D eigenvalue weighted by atomic mass is 10.0. The molecule has 0 fully saturated rings. The summed E-state index contributed by atoms with van der Waals surface area (Å²) in [4.78, 5) is 38.4. The van der Waals surface area contributed by atoms with E-state index in [1.165, 1.54) is 244 Å². The molecule has 0 saturated carbocycles. The first-order chi connectivity index (χ1) is 39.0. The van der Waals surface area contributed by atoms with Crippen molar-refractivity contribution in [3.8, 4) is 0 Å². The van der Waals surface area contributed by atoms with E-state index in [9.17, 15) is 14.4 Å². The fourth-order valence-electron chi connectivity index (χ4n) is 10.3. The van der Waals surface area contributed by atoms with E-state index in [1.807, 2.05) is 0 Å². The summed E-state index contributed by atoms with van der Waals surface area (Å²) in [5.41, 5.74) is 0. The van der Waals surface area contributed by atoms with Gasteiger partial charge in [0.05, 0.1) is 0 Å². The zero-order valence-electron chi connectivity index (χ0n) is 52.9. The molecule has 0 radical (unpaired) electrons. The molecule has 0 saturated heterocycles. The van der Waals surface area contributed by atoms with Gasteiger partial charge in [0.1, 0.15) is 13.2 Å². The number of carbonyl (C=O) groups excluding carboxylic acids is 3. The molecule has 0 aliphatic carbocycles. The Morgan fingerprint density at radius 2 is 0.494 bits per heavy atom. The van der Waals surface area contributed by atoms with Crippen LogP contribution >= 0.6 is 0 Å². The van der Waals surface area contributed by atoms with Crippen LogP contribution in [0.1, 0.15) is 367 Å². The lowest BCUT2D eigenvalue weighted by Crippen LogP contribution is -2.30. The molecule has 6 heteroatoms. The predicted octanol–water partition coefficient (Wildman–Crippen LogP) is 23.9. The first kappa shape index (κ1) is 76.1. The van der Waals surface area contributed by atoms with E-state index >= 15 is 0 Å². The number of allylic oxidation sites excluding steroid dienone is 10. The van der Waals surface area contributed by atoms with Gasteiger partial charge < -0.3 is 14.2 Å². The second-order valence-electron chi connectivity index (χ2n) is 23.4.